The van der Waals surface area contributed by atoms with Crippen LogP contribution in [0.3, 0.4) is 0 Å². The second-order valence-corrected chi connectivity index (χ2v) is 35.9. The number of unbranched alkanes of at least 4 members (excludes halogenated alkanes) is 4. The lowest BCUT2D eigenvalue weighted by atomic mass is 9.77. The molecule has 5 saturated heterocycles. The predicted octanol–water partition coefficient (Wildman–Crippen LogP) is 14.9. The fourth-order valence-electron chi connectivity index (χ4n) is 17.3. The molecule has 7 heterocycles. The molecule has 0 atom stereocenters. The predicted molar refractivity (Wildman–Crippen MR) is 391 cm³/mol. The minimum absolute atomic E-state index is 0.0620. The summed E-state index contributed by atoms with van der Waals surface area (Å²) >= 11 is 0. The van der Waals surface area contributed by atoms with Crippen molar-refractivity contribution in [2.45, 2.75) is 367 Å². The Morgan fingerprint density at radius 1 is 0.308 bits per heavy atom. The molecule has 0 radical (unpaired) electrons. The van der Waals surface area contributed by atoms with Crippen molar-refractivity contribution < 1.29 is 0 Å². The van der Waals surface area contributed by atoms with Gasteiger partial charge in [0.1, 0.15) is 0 Å². The molecule has 2 aromatic rings. The lowest BCUT2D eigenvalue weighted by molar-refractivity contribution is -0.0134. The maximum absolute atomic E-state index is 5.66. The number of aromatic nitrogens is 6. The highest BCUT2D eigenvalue weighted by Gasteiger charge is 2.51. The van der Waals surface area contributed by atoms with Crippen LogP contribution in [-0.2, 0) is 0 Å². The monoisotopic (exact) mass is 1270 g/mol. The molecule has 7 rings (SSSR count). The van der Waals surface area contributed by atoms with Crippen LogP contribution in [0.25, 0.3) is 0 Å². The summed E-state index contributed by atoms with van der Waals surface area (Å²) in [5.41, 5.74) is 0.764. The Morgan fingerprint density at radius 2 is 0.505 bits per heavy atom. The maximum Gasteiger partial charge on any atom is 0.232 e. The van der Waals surface area contributed by atoms with E-state index in [-0.39, 0.29) is 55.4 Å². The van der Waals surface area contributed by atoms with Gasteiger partial charge in [0.2, 0.25) is 35.7 Å². The smallest absolute Gasteiger partial charge is 0.232 e. The zero-order valence-corrected chi connectivity index (χ0v) is 65.1. The summed E-state index contributed by atoms with van der Waals surface area (Å²) in [5, 5.41) is 3.49. The third-order valence-corrected chi connectivity index (χ3v) is 24.5. The second kappa shape index (κ2) is 28.7. The number of nitrogens with one attached hydrogen (secondary N) is 1. The molecule has 91 heavy (non-hydrogen) atoms. The lowest BCUT2D eigenvalue weighted by Crippen LogP contribution is -2.63. The van der Waals surface area contributed by atoms with Crippen molar-refractivity contribution in [2.75, 3.05) is 105 Å². The molecule has 0 amide bonds. The standard InChI is InChI=1S/C45H87N9.C29H56N8/c1-19-22-25-52(34-28-40(4,5)49(16)41(6,7)29-34)37-46-38(53(26-23-20-2)35-30-42(8,9)50(17)43(10,11)31-35)48-39(47-37)54(27-24-21-3)36-32-44(12,13)51(18)45(14,15)33-36;1-14-15-16-30-23-31-24(34(10)21-17-26(2,3)36(12)27(4,5)18-21)33-25(32-23)35(11)22-19-28(6,7)37(13)29(8,9)20-22/h34-36H,19-33H2,1-18H3;21-22H,14-20H2,1-13H3,(H,30,31,32,33). The van der Waals surface area contributed by atoms with Gasteiger partial charge in [-0.2, -0.15) is 29.9 Å². The number of hydrogen-bond acceptors (Lipinski definition) is 17. The van der Waals surface area contributed by atoms with E-state index in [4.69, 9.17) is 29.9 Å². The summed E-state index contributed by atoms with van der Waals surface area (Å²) in [5.74, 6) is 4.90. The average molecular weight is 1270 g/mol. The summed E-state index contributed by atoms with van der Waals surface area (Å²) in [7, 11) is 15.8. The molecule has 0 aromatic carbocycles. The first-order valence-corrected chi connectivity index (χ1v) is 36.5. The molecule has 5 aliphatic heterocycles. The molecule has 17 nitrogen and oxygen atoms in total. The number of anilines is 6. The van der Waals surface area contributed by atoms with Crippen molar-refractivity contribution in [3.05, 3.63) is 0 Å². The van der Waals surface area contributed by atoms with E-state index < -0.39 is 0 Å². The summed E-state index contributed by atoms with van der Waals surface area (Å²) in [6.07, 6.45) is 19.8. The summed E-state index contributed by atoms with van der Waals surface area (Å²) in [6, 6.07) is 1.74. The number of hydrogen-bond donors (Lipinski definition) is 1. The van der Waals surface area contributed by atoms with Gasteiger partial charge in [0.15, 0.2) is 0 Å². The molecule has 0 spiro atoms. The SMILES string of the molecule is CCCCN(c1nc(N(CCCC)C2CC(C)(C)N(C)C(C)(C)C2)nc(N(CCCC)C2CC(C)(C)N(C)C(C)(C)C2)n1)C1CC(C)(C)N(C)C(C)(C)C1.CCCCNc1nc(N(C)C2CC(C)(C)N(C)C(C)(C)C2)nc(N(C)C2CC(C)(C)N(C)C(C)(C)C2)n1. The average Bonchev–Trinajstić information content (AvgIpc) is 0.839. The maximum atomic E-state index is 5.66. The highest BCUT2D eigenvalue weighted by atomic mass is 15.4. The lowest BCUT2D eigenvalue weighted by Gasteiger charge is -2.56. The van der Waals surface area contributed by atoms with Crippen LogP contribution in [0.15, 0.2) is 0 Å². The van der Waals surface area contributed by atoms with E-state index in [0.717, 1.165) is 171 Å². The van der Waals surface area contributed by atoms with Gasteiger partial charge in [0.05, 0.1) is 0 Å². The molecule has 1 N–H and O–H groups in total. The molecule has 17 heteroatoms. The minimum Gasteiger partial charge on any atom is -0.354 e. The molecule has 0 bridgehead atoms. The van der Waals surface area contributed by atoms with E-state index in [2.05, 4.69) is 270 Å². The molecule has 0 unspecified atom stereocenters. The molecule has 0 aliphatic carbocycles. The van der Waals surface area contributed by atoms with Gasteiger partial charge in [-0.25, -0.2) is 0 Å². The van der Waals surface area contributed by atoms with Crippen LogP contribution < -0.4 is 29.8 Å². The van der Waals surface area contributed by atoms with Crippen molar-refractivity contribution >= 4 is 35.7 Å². The van der Waals surface area contributed by atoms with E-state index in [0.29, 0.717) is 36.2 Å². The normalized spacial score (nSPS) is 24.5. The first-order chi connectivity index (χ1) is 41.7. The zero-order valence-electron chi connectivity index (χ0n) is 65.1. The van der Waals surface area contributed by atoms with Gasteiger partial charge in [-0.1, -0.05) is 53.4 Å². The van der Waals surface area contributed by atoms with Gasteiger partial charge in [-0.05, 0) is 264 Å². The van der Waals surface area contributed by atoms with Crippen LogP contribution in [-0.4, -0.2) is 216 Å². The quantitative estimate of drug-likeness (QED) is 0.106. The summed E-state index contributed by atoms with van der Waals surface area (Å²) in [6.45, 7) is 60.8. The van der Waals surface area contributed by atoms with Gasteiger partial charge in [-0.15, -0.1) is 0 Å². The first kappa shape index (κ1) is 76.6. The Kier molecular flexibility index (Phi) is 24.2. The van der Waals surface area contributed by atoms with E-state index in [9.17, 15) is 0 Å². The highest BCUT2D eigenvalue weighted by molar-refractivity contribution is 5.50. The zero-order chi connectivity index (χ0) is 68.6. The fourth-order valence-corrected chi connectivity index (χ4v) is 17.3. The van der Waals surface area contributed by atoms with E-state index in [1.54, 1.807) is 0 Å². The second-order valence-electron chi connectivity index (χ2n) is 35.9. The minimum atomic E-state index is 0.0620. The van der Waals surface area contributed by atoms with Crippen molar-refractivity contribution in [1.82, 2.24) is 54.4 Å². The van der Waals surface area contributed by atoms with Gasteiger partial charge < -0.3 is 29.8 Å². The molecule has 5 aliphatic rings. The Hall–Kier alpha value is -3.38. The van der Waals surface area contributed by atoms with Gasteiger partial charge >= 0.3 is 0 Å². The van der Waals surface area contributed by atoms with Crippen LogP contribution in [0.5, 0.6) is 0 Å². The van der Waals surface area contributed by atoms with E-state index in [1.807, 2.05) is 0 Å². The largest absolute Gasteiger partial charge is 0.354 e. The van der Waals surface area contributed by atoms with E-state index >= 15 is 0 Å². The van der Waals surface area contributed by atoms with Crippen LogP contribution in [0.1, 0.15) is 282 Å². The molecular weight excluding hydrogens is 1130 g/mol. The Bertz CT molecular complexity index is 2310. The van der Waals surface area contributed by atoms with Crippen LogP contribution in [0, 0.1) is 0 Å². The first-order valence-electron chi connectivity index (χ1n) is 36.5. The van der Waals surface area contributed by atoms with E-state index in [1.165, 1.54) is 0 Å². The van der Waals surface area contributed by atoms with Crippen LogP contribution >= 0.6 is 0 Å². The highest BCUT2D eigenvalue weighted by Crippen LogP contribution is 2.46. The Morgan fingerprint density at radius 3 is 0.714 bits per heavy atom. The third kappa shape index (κ3) is 17.6. The summed E-state index contributed by atoms with van der Waals surface area (Å²) < 4.78 is 0. The molecule has 2 aromatic heterocycles. The number of rotatable bonds is 23. The van der Waals surface area contributed by atoms with Crippen LogP contribution in [0.2, 0.25) is 0 Å². The Labute approximate surface area is 560 Å². The number of nitrogens with zero attached hydrogens (tertiary/aromatic N) is 16. The fraction of sp³-hybridized carbons (Fsp3) is 0.919. The Balaban J connectivity index is 0.000000310. The third-order valence-electron chi connectivity index (χ3n) is 24.5. The molecule has 524 valence electrons. The molecule has 5 fully saturated rings. The van der Waals surface area contributed by atoms with Crippen LogP contribution in [0.4, 0.5) is 35.7 Å². The van der Waals surface area contributed by atoms with Crippen molar-refractivity contribution in [2.24, 2.45) is 0 Å². The molecule has 0 saturated carbocycles. The summed E-state index contributed by atoms with van der Waals surface area (Å²) in [4.78, 5) is 57.3. The van der Waals surface area contributed by atoms with Gasteiger partial charge in [-0.3, -0.25) is 24.5 Å². The van der Waals surface area contributed by atoms with Gasteiger partial charge in [0.25, 0.3) is 0 Å². The van der Waals surface area contributed by atoms with Gasteiger partial charge in [0, 0.05) is 126 Å². The number of piperidine rings is 5. The van der Waals surface area contributed by atoms with Crippen molar-refractivity contribution in [3.8, 4) is 0 Å². The van der Waals surface area contributed by atoms with Crippen molar-refractivity contribution in [1.29, 1.82) is 0 Å². The topological polar surface area (TPSA) is 122 Å². The number of likely N-dealkylation sites (tertiary alicyclic amines) is 5. The molecular formula is C74H143N17. The van der Waals surface area contributed by atoms with Crippen molar-refractivity contribution in [3.63, 3.8) is 0 Å².